The largest absolute Gasteiger partial charge is 0.854 e. The zero-order valence-electron chi connectivity index (χ0n) is 17.0. The molecule has 6 nitrogen and oxygen atoms in total. The van der Waals surface area contributed by atoms with Gasteiger partial charge in [-0.05, 0) is 30.7 Å². The number of hydrogen-bond donors (Lipinski definition) is 0. The molecule has 3 aromatic rings. The van der Waals surface area contributed by atoms with Crippen molar-refractivity contribution in [3.63, 3.8) is 0 Å². The smallest absolute Gasteiger partial charge is 0.297 e. The molecule has 1 amide bonds. The number of benzene rings is 2. The Labute approximate surface area is 188 Å². The number of carbonyl (C=O) groups is 1. The van der Waals surface area contributed by atoms with Gasteiger partial charge in [-0.25, -0.2) is 14.3 Å². The number of amides is 1. The molecule has 1 aliphatic rings. The van der Waals surface area contributed by atoms with Gasteiger partial charge in [0.1, 0.15) is 5.82 Å². The summed E-state index contributed by atoms with van der Waals surface area (Å²) in [7, 11) is 0. The van der Waals surface area contributed by atoms with Gasteiger partial charge in [-0.2, -0.15) is 0 Å². The van der Waals surface area contributed by atoms with Crippen molar-refractivity contribution in [2.24, 2.45) is 0 Å². The standard InChI is InChI=1S/C22H20ClFN4O2S/c1-3-12-31-22-25-20(30)19-13-8-5-6-11-16(13)27(17(29)4-2)21(28(19)26-22)18-14(23)9-7-10-15(18)24/h5-11,21H,3-4,12H2,1-2H3. The Bertz CT molecular complexity index is 1140. The van der Waals surface area contributed by atoms with Crippen LogP contribution in [0.5, 0.6) is 5.88 Å². The van der Waals surface area contributed by atoms with Crippen LogP contribution in [0.2, 0.25) is 5.02 Å². The van der Waals surface area contributed by atoms with Gasteiger partial charge in [-0.15, -0.1) is 0 Å². The van der Waals surface area contributed by atoms with Crippen LogP contribution in [0.25, 0.3) is 11.3 Å². The lowest BCUT2D eigenvalue weighted by molar-refractivity contribution is -0.764. The van der Waals surface area contributed by atoms with Crippen molar-refractivity contribution in [3.05, 3.63) is 58.9 Å². The summed E-state index contributed by atoms with van der Waals surface area (Å²) in [5.41, 5.74) is 1.29. The molecule has 1 atom stereocenters. The predicted molar refractivity (Wildman–Crippen MR) is 115 cm³/mol. The molecule has 4 rings (SSSR count). The lowest BCUT2D eigenvalue weighted by atomic mass is 10.0. The van der Waals surface area contributed by atoms with Gasteiger partial charge in [-0.1, -0.05) is 60.1 Å². The van der Waals surface area contributed by atoms with E-state index in [2.05, 4.69) is 10.1 Å². The number of anilines is 1. The number of hydrogen-bond acceptors (Lipinski definition) is 5. The summed E-state index contributed by atoms with van der Waals surface area (Å²) in [6, 6.07) is 11.3. The van der Waals surface area contributed by atoms with E-state index in [0.29, 0.717) is 11.3 Å². The highest BCUT2D eigenvalue weighted by Gasteiger charge is 2.46. The SMILES string of the molecule is CCCSc1nc([O-])c2[n+](n1)C(c1c(F)cccc1Cl)N(C(=O)CC)c1ccccc1-2. The third-order valence-corrected chi connectivity index (χ3v) is 6.35. The number of thioether (sulfide) groups is 1. The molecule has 2 aromatic carbocycles. The molecule has 0 saturated heterocycles. The number of para-hydroxylation sites is 1. The van der Waals surface area contributed by atoms with Gasteiger partial charge >= 0.3 is 0 Å². The molecule has 0 N–H and O–H groups in total. The summed E-state index contributed by atoms with van der Waals surface area (Å²) in [4.78, 5) is 18.7. The maximum atomic E-state index is 15.1. The first kappa shape index (κ1) is 21.5. The van der Waals surface area contributed by atoms with Crippen molar-refractivity contribution in [2.75, 3.05) is 10.7 Å². The molecule has 9 heteroatoms. The molecule has 0 spiro atoms. The van der Waals surface area contributed by atoms with Gasteiger partial charge in [0, 0.05) is 17.3 Å². The summed E-state index contributed by atoms with van der Waals surface area (Å²) in [5.74, 6) is -0.595. The third kappa shape index (κ3) is 3.74. The Kier molecular flexibility index (Phi) is 6.11. The fraction of sp³-hybridized carbons (Fsp3) is 0.273. The van der Waals surface area contributed by atoms with Gasteiger partial charge in [0.15, 0.2) is 0 Å². The van der Waals surface area contributed by atoms with Crippen LogP contribution in [0, 0.1) is 5.82 Å². The predicted octanol–water partition coefficient (Wildman–Crippen LogP) is 4.10. The summed E-state index contributed by atoms with van der Waals surface area (Å²) in [5, 5.41) is 18.1. The minimum Gasteiger partial charge on any atom is -0.854 e. The van der Waals surface area contributed by atoms with E-state index in [4.69, 9.17) is 11.6 Å². The average Bonchev–Trinajstić information content (AvgIpc) is 2.76. The fourth-order valence-corrected chi connectivity index (χ4v) is 4.59. The Balaban J connectivity index is 2.07. The first-order valence-electron chi connectivity index (χ1n) is 9.96. The van der Waals surface area contributed by atoms with Crippen molar-refractivity contribution in [1.29, 1.82) is 0 Å². The number of nitrogens with zero attached hydrogens (tertiary/aromatic N) is 4. The normalized spacial score (nSPS) is 14.8. The van der Waals surface area contributed by atoms with Gasteiger partial charge in [0.2, 0.25) is 5.91 Å². The van der Waals surface area contributed by atoms with E-state index in [1.165, 1.54) is 33.5 Å². The van der Waals surface area contributed by atoms with E-state index in [9.17, 15) is 9.90 Å². The number of carbonyl (C=O) groups excluding carboxylic acids is 1. The molecule has 0 fully saturated rings. The van der Waals surface area contributed by atoms with Crippen LogP contribution >= 0.6 is 23.4 Å². The highest BCUT2D eigenvalue weighted by atomic mass is 35.5. The highest BCUT2D eigenvalue weighted by molar-refractivity contribution is 7.99. The van der Waals surface area contributed by atoms with E-state index in [-0.39, 0.29) is 33.8 Å². The van der Waals surface area contributed by atoms with Crippen molar-refractivity contribution in [3.8, 4) is 17.1 Å². The van der Waals surface area contributed by atoms with Gasteiger partial charge in [-0.3, -0.25) is 4.79 Å². The molecule has 0 bridgehead atoms. The molecule has 1 unspecified atom stereocenters. The Morgan fingerprint density at radius 1 is 1.26 bits per heavy atom. The second-order valence-corrected chi connectivity index (χ2v) is 8.45. The van der Waals surface area contributed by atoms with Crippen molar-refractivity contribution >= 4 is 35.0 Å². The molecule has 2 heterocycles. The fourth-order valence-electron chi connectivity index (χ4n) is 3.65. The van der Waals surface area contributed by atoms with Crippen molar-refractivity contribution in [2.45, 2.75) is 38.0 Å². The number of halogens is 2. The summed E-state index contributed by atoms with van der Waals surface area (Å²) < 4.78 is 16.5. The van der Waals surface area contributed by atoms with Gasteiger partial charge in [0.05, 0.1) is 27.7 Å². The minimum atomic E-state index is -1.05. The minimum absolute atomic E-state index is 0.0799. The molecule has 160 valence electrons. The second-order valence-electron chi connectivity index (χ2n) is 6.98. The summed E-state index contributed by atoms with van der Waals surface area (Å²) in [6.45, 7) is 3.74. The molecule has 0 radical (unpaired) electrons. The molecule has 1 aromatic heterocycles. The van der Waals surface area contributed by atoms with Crippen LogP contribution in [0.4, 0.5) is 10.1 Å². The lowest BCUT2D eigenvalue weighted by Crippen LogP contribution is -2.59. The van der Waals surface area contributed by atoms with E-state index < -0.39 is 17.9 Å². The van der Waals surface area contributed by atoms with E-state index in [1.807, 2.05) is 6.92 Å². The van der Waals surface area contributed by atoms with E-state index >= 15 is 4.39 Å². The topological polar surface area (TPSA) is 73.0 Å². The Hall–Kier alpha value is -2.71. The molecule has 31 heavy (non-hydrogen) atoms. The Morgan fingerprint density at radius 2 is 2.03 bits per heavy atom. The van der Waals surface area contributed by atoms with E-state index in [1.54, 1.807) is 37.3 Å². The lowest BCUT2D eigenvalue weighted by Gasteiger charge is -2.33. The molecular weight excluding hydrogens is 439 g/mol. The third-order valence-electron chi connectivity index (χ3n) is 4.98. The van der Waals surface area contributed by atoms with Crippen LogP contribution in [-0.2, 0) is 4.79 Å². The molecule has 0 aliphatic carbocycles. The average molecular weight is 459 g/mol. The van der Waals surface area contributed by atoms with Gasteiger partial charge < -0.3 is 5.11 Å². The maximum absolute atomic E-state index is 15.1. The highest BCUT2D eigenvalue weighted by Crippen LogP contribution is 2.42. The Morgan fingerprint density at radius 3 is 2.74 bits per heavy atom. The molecule has 0 saturated carbocycles. The second kappa shape index (κ2) is 8.80. The maximum Gasteiger partial charge on any atom is 0.297 e. The monoisotopic (exact) mass is 458 g/mol. The van der Waals surface area contributed by atoms with Crippen LogP contribution in [-0.4, -0.2) is 21.7 Å². The number of rotatable bonds is 5. The van der Waals surface area contributed by atoms with Crippen LogP contribution in [0.15, 0.2) is 47.6 Å². The number of aromatic nitrogens is 3. The first-order chi connectivity index (χ1) is 15.0. The number of fused-ring (bicyclic) bond motifs is 3. The summed E-state index contributed by atoms with van der Waals surface area (Å²) >= 11 is 7.75. The van der Waals surface area contributed by atoms with E-state index in [0.717, 1.165) is 12.2 Å². The zero-order valence-corrected chi connectivity index (χ0v) is 18.6. The van der Waals surface area contributed by atoms with Crippen LogP contribution in [0.1, 0.15) is 38.4 Å². The van der Waals surface area contributed by atoms with Gasteiger partial charge in [0.25, 0.3) is 17.0 Å². The molecule has 1 aliphatic heterocycles. The van der Waals surface area contributed by atoms with Crippen LogP contribution < -0.4 is 14.7 Å². The zero-order chi connectivity index (χ0) is 22.1. The van der Waals surface area contributed by atoms with Crippen LogP contribution in [0.3, 0.4) is 0 Å². The first-order valence-corrected chi connectivity index (χ1v) is 11.3. The molecular formula is C22H20ClFN4O2S. The van der Waals surface area contributed by atoms with Crippen molar-refractivity contribution in [1.82, 2.24) is 10.1 Å². The quantitative estimate of drug-likeness (QED) is 0.425. The van der Waals surface area contributed by atoms with Crippen molar-refractivity contribution < 1.29 is 19.0 Å². The summed E-state index contributed by atoms with van der Waals surface area (Å²) in [6.07, 6.45) is -0.00206.